The van der Waals surface area contributed by atoms with E-state index >= 15 is 0 Å². The molecule has 1 aromatic rings. The summed E-state index contributed by atoms with van der Waals surface area (Å²) in [6.45, 7) is 3.09. The van der Waals surface area contributed by atoms with Crippen molar-refractivity contribution in [1.29, 1.82) is 0 Å². The Bertz CT molecular complexity index is 348. The van der Waals surface area contributed by atoms with Crippen LogP contribution in [0.1, 0.15) is 18.5 Å². The van der Waals surface area contributed by atoms with Crippen LogP contribution in [0.4, 0.5) is 0 Å². The van der Waals surface area contributed by atoms with E-state index in [2.05, 4.69) is 16.1 Å². The summed E-state index contributed by atoms with van der Waals surface area (Å²) in [4.78, 5) is 13.1. The molecule has 0 saturated carbocycles. The second-order valence-corrected chi connectivity index (χ2v) is 4.54. The third-order valence-corrected chi connectivity index (χ3v) is 3.34. The van der Waals surface area contributed by atoms with Crippen LogP contribution in [0.5, 0.6) is 0 Å². The zero-order valence-electron chi connectivity index (χ0n) is 9.80. The maximum Gasteiger partial charge on any atom is 0.124 e. The highest BCUT2D eigenvalue weighted by Gasteiger charge is 2.18. The van der Waals surface area contributed by atoms with Crippen molar-refractivity contribution in [2.24, 2.45) is 13.0 Å². The van der Waals surface area contributed by atoms with Crippen molar-refractivity contribution in [3.8, 4) is 0 Å². The largest absolute Gasteiger partial charge is 0.303 e. The van der Waals surface area contributed by atoms with Crippen LogP contribution in [0.3, 0.4) is 0 Å². The van der Waals surface area contributed by atoms with E-state index in [0.717, 1.165) is 45.2 Å². The Morgan fingerprint density at radius 1 is 1.62 bits per heavy atom. The summed E-state index contributed by atoms with van der Waals surface area (Å²) in [6, 6.07) is 2.06. The predicted molar refractivity (Wildman–Crippen MR) is 62.1 cm³/mol. The van der Waals surface area contributed by atoms with Gasteiger partial charge in [0.1, 0.15) is 6.29 Å². The number of aldehydes is 1. The van der Waals surface area contributed by atoms with Gasteiger partial charge in [-0.2, -0.15) is 5.10 Å². The lowest BCUT2D eigenvalue weighted by Crippen LogP contribution is -2.37. The molecule has 1 atom stereocenters. The van der Waals surface area contributed by atoms with E-state index < -0.39 is 0 Å². The van der Waals surface area contributed by atoms with Gasteiger partial charge in [-0.05, 0) is 25.5 Å². The van der Waals surface area contributed by atoms with E-state index in [-0.39, 0.29) is 5.92 Å². The first-order chi connectivity index (χ1) is 7.79. The van der Waals surface area contributed by atoms with Crippen molar-refractivity contribution < 1.29 is 4.79 Å². The van der Waals surface area contributed by atoms with Crippen molar-refractivity contribution >= 4 is 6.29 Å². The molecule has 1 aliphatic rings. The third-order valence-electron chi connectivity index (χ3n) is 3.34. The van der Waals surface area contributed by atoms with Gasteiger partial charge in [-0.1, -0.05) is 0 Å². The van der Waals surface area contributed by atoms with Gasteiger partial charge in [0.15, 0.2) is 0 Å². The smallest absolute Gasteiger partial charge is 0.124 e. The standard InChI is InChI=1S/C12H19N3O/c1-14-12(4-6-13-14)5-8-15-7-2-3-11(9-15)10-16/h4,6,10-11H,2-3,5,7-9H2,1H3. The van der Waals surface area contributed by atoms with E-state index in [9.17, 15) is 4.79 Å². The Hall–Kier alpha value is -1.16. The van der Waals surface area contributed by atoms with E-state index in [4.69, 9.17) is 0 Å². The van der Waals surface area contributed by atoms with Crippen LogP contribution in [0.25, 0.3) is 0 Å². The summed E-state index contributed by atoms with van der Waals surface area (Å²) in [5.74, 6) is 0.250. The van der Waals surface area contributed by atoms with E-state index in [0.29, 0.717) is 0 Å². The number of hydrogen-bond donors (Lipinski definition) is 0. The molecule has 4 heteroatoms. The number of aryl methyl sites for hydroxylation is 1. The van der Waals surface area contributed by atoms with Gasteiger partial charge >= 0.3 is 0 Å². The Morgan fingerprint density at radius 2 is 2.50 bits per heavy atom. The summed E-state index contributed by atoms with van der Waals surface area (Å²) >= 11 is 0. The lowest BCUT2D eigenvalue weighted by Gasteiger charge is -2.29. The maximum atomic E-state index is 10.8. The number of likely N-dealkylation sites (tertiary alicyclic amines) is 1. The van der Waals surface area contributed by atoms with Gasteiger partial charge in [-0.15, -0.1) is 0 Å². The minimum atomic E-state index is 0.250. The average Bonchev–Trinajstić information content (AvgIpc) is 2.72. The summed E-state index contributed by atoms with van der Waals surface area (Å²) in [6.07, 6.45) is 6.17. The van der Waals surface area contributed by atoms with Crippen LogP contribution in [-0.2, 0) is 18.3 Å². The predicted octanol–water partition coefficient (Wildman–Crippen LogP) is 0.873. The maximum absolute atomic E-state index is 10.8. The molecule has 0 aliphatic carbocycles. The summed E-state index contributed by atoms with van der Waals surface area (Å²) < 4.78 is 1.92. The van der Waals surface area contributed by atoms with Crippen molar-refractivity contribution in [2.45, 2.75) is 19.3 Å². The number of rotatable bonds is 4. The van der Waals surface area contributed by atoms with Crippen LogP contribution < -0.4 is 0 Å². The fourth-order valence-electron chi connectivity index (χ4n) is 2.32. The lowest BCUT2D eigenvalue weighted by molar-refractivity contribution is -0.112. The molecule has 1 saturated heterocycles. The van der Waals surface area contributed by atoms with Gasteiger partial charge in [0.25, 0.3) is 0 Å². The minimum absolute atomic E-state index is 0.250. The van der Waals surface area contributed by atoms with E-state index in [1.165, 1.54) is 5.69 Å². The molecule has 0 bridgehead atoms. The van der Waals surface area contributed by atoms with Crippen molar-refractivity contribution in [3.63, 3.8) is 0 Å². The fraction of sp³-hybridized carbons (Fsp3) is 0.667. The lowest BCUT2D eigenvalue weighted by atomic mass is 9.99. The SMILES string of the molecule is Cn1nccc1CCN1CCCC(C=O)C1. The molecule has 1 aliphatic heterocycles. The first kappa shape index (κ1) is 11.3. The van der Waals surface area contributed by atoms with E-state index in [1.54, 1.807) is 0 Å². The highest BCUT2D eigenvalue weighted by atomic mass is 16.1. The number of aromatic nitrogens is 2. The number of hydrogen-bond acceptors (Lipinski definition) is 3. The quantitative estimate of drug-likeness (QED) is 0.708. The average molecular weight is 221 g/mol. The highest BCUT2D eigenvalue weighted by Crippen LogP contribution is 2.14. The topological polar surface area (TPSA) is 38.1 Å². The summed E-state index contributed by atoms with van der Waals surface area (Å²) in [5, 5.41) is 4.15. The second kappa shape index (κ2) is 5.25. The van der Waals surface area contributed by atoms with Crippen molar-refractivity contribution in [1.82, 2.24) is 14.7 Å². The van der Waals surface area contributed by atoms with Gasteiger partial charge in [0.05, 0.1) is 0 Å². The molecule has 1 aromatic heterocycles. The number of carbonyl (C=O) groups excluding carboxylic acids is 1. The number of carbonyl (C=O) groups is 1. The van der Waals surface area contributed by atoms with Gasteiger partial charge in [-0.3, -0.25) is 4.68 Å². The van der Waals surface area contributed by atoms with Crippen LogP contribution in [-0.4, -0.2) is 40.6 Å². The van der Waals surface area contributed by atoms with Crippen molar-refractivity contribution in [2.75, 3.05) is 19.6 Å². The second-order valence-electron chi connectivity index (χ2n) is 4.54. The minimum Gasteiger partial charge on any atom is -0.303 e. The van der Waals surface area contributed by atoms with Crippen LogP contribution in [0.15, 0.2) is 12.3 Å². The monoisotopic (exact) mass is 221 g/mol. The van der Waals surface area contributed by atoms with Gasteiger partial charge in [-0.25, -0.2) is 0 Å². The molecule has 2 rings (SSSR count). The first-order valence-corrected chi connectivity index (χ1v) is 5.94. The molecule has 1 unspecified atom stereocenters. The van der Waals surface area contributed by atoms with Gasteiger partial charge < -0.3 is 9.69 Å². The summed E-state index contributed by atoms with van der Waals surface area (Å²) in [5.41, 5.74) is 1.26. The van der Waals surface area contributed by atoms with Crippen LogP contribution >= 0.6 is 0 Å². The molecular formula is C12H19N3O. The molecular weight excluding hydrogens is 202 g/mol. The number of nitrogens with zero attached hydrogens (tertiary/aromatic N) is 3. The molecule has 4 nitrogen and oxygen atoms in total. The fourth-order valence-corrected chi connectivity index (χ4v) is 2.32. The Morgan fingerprint density at radius 3 is 3.19 bits per heavy atom. The molecule has 0 amide bonds. The molecule has 16 heavy (non-hydrogen) atoms. The number of piperidine rings is 1. The molecule has 88 valence electrons. The first-order valence-electron chi connectivity index (χ1n) is 5.94. The summed E-state index contributed by atoms with van der Waals surface area (Å²) in [7, 11) is 1.97. The Labute approximate surface area is 96.2 Å². The van der Waals surface area contributed by atoms with Crippen LogP contribution in [0.2, 0.25) is 0 Å². The zero-order valence-corrected chi connectivity index (χ0v) is 9.80. The van der Waals surface area contributed by atoms with Gasteiger partial charge in [0, 0.05) is 44.4 Å². The molecule has 2 heterocycles. The van der Waals surface area contributed by atoms with E-state index in [1.807, 2.05) is 17.9 Å². The third kappa shape index (κ3) is 2.70. The van der Waals surface area contributed by atoms with Crippen molar-refractivity contribution in [3.05, 3.63) is 18.0 Å². The normalized spacial score (nSPS) is 22.2. The molecule has 1 fully saturated rings. The molecule has 0 spiro atoms. The molecule has 0 N–H and O–H groups in total. The molecule has 0 aromatic carbocycles. The Balaban J connectivity index is 1.81. The Kier molecular flexibility index (Phi) is 3.72. The van der Waals surface area contributed by atoms with Gasteiger partial charge in [0.2, 0.25) is 0 Å². The van der Waals surface area contributed by atoms with Crippen LogP contribution in [0, 0.1) is 5.92 Å². The molecule has 0 radical (unpaired) electrons. The highest BCUT2D eigenvalue weighted by molar-refractivity contribution is 5.53. The zero-order chi connectivity index (χ0) is 11.4.